The van der Waals surface area contributed by atoms with Crippen molar-refractivity contribution in [1.82, 2.24) is 14.3 Å². The second-order valence-corrected chi connectivity index (χ2v) is 4.25. The maximum atomic E-state index is 12.0. The molecule has 1 N–H and O–H groups in total. The van der Waals surface area contributed by atoms with E-state index in [1.54, 1.807) is 16.9 Å². The van der Waals surface area contributed by atoms with Crippen LogP contribution in [-0.4, -0.2) is 25.4 Å². The van der Waals surface area contributed by atoms with Crippen LogP contribution < -0.4 is 5.56 Å². The van der Waals surface area contributed by atoms with Crippen molar-refractivity contribution in [2.75, 3.05) is 0 Å². The molecule has 0 fully saturated rings. The number of aromatic nitrogens is 3. The van der Waals surface area contributed by atoms with E-state index in [1.807, 2.05) is 19.9 Å². The monoisotopic (exact) mass is 261 g/mol. The minimum absolute atomic E-state index is 0.221. The first-order valence-corrected chi connectivity index (χ1v) is 5.99. The van der Waals surface area contributed by atoms with Crippen LogP contribution >= 0.6 is 0 Å². The molecule has 0 aromatic carbocycles. The van der Waals surface area contributed by atoms with Gasteiger partial charge in [-0.1, -0.05) is 0 Å². The van der Waals surface area contributed by atoms with Gasteiger partial charge in [-0.3, -0.25) is 9.48 Å². The Morgan fingerprint density at radius 3 is 2.84 bits per heavy atom. The molecule has 2 aromatic rings. The number of hydrogen-bond donors (Lipinski definition) is 1. The third-order valence-electron chi connectivity index (χ3n) is 2.87. The normalized spacial score (nSPS) is 10.6. The van der Waals surface area contributed by atoms with Gasteiger partial charge < -0.3 is 9.67 Å². The Morgan fingerprint density at radius 1 is 1.47 bits per heavy atom. The molecule has 2 aromatic heterocycles. The molecule has 0 unspecified atom stereocenters. The van der Waals surface area contributed by atoms with Crippen LogP contribution in [0, 0.1) is 6.92 Å². The van der Waals surface area contributed by atoms with Crippen molar-refractivity contribution in [2.24, 2.45) is 0 Å². The quantitative estimate of drug-likeness (QED) is 0.894. The number of hydrogen-bond acceptors (Lipinski definition) is 3. The van der Waals surface area contributed by atoms with Crippen molar-refractivity contribution in [3.8, 4) is 0 Å². The van der Waals surface area contributed by atoms with Crippen LogP contribution in [0.1, 0.15) is 28.7 Å². The van der Waals surface area contributed by atoms with Crippen molar-refractivity contribution in [3.05, 3.63) is 51.7 Å². The van der Waals surface area contributed by atoms with E-state index in [9.17, 15) is 9.59 Å². The minimum Gasteiger partial charge on any atom is -0.477 e. The molecule has 19 heavy (non-hydrogen) atoms. The maximum Gasteiger partial charge on any atom is 0.341 e. The van der Waals surface area contributed by atoms with Gasteiger partial charge in [-0.15, -0.1) is 0 Å². The van der Waals surface area contributed by atoms with Gasteiger partial charge in [0.25, 0.3) is 5.56 Å². The summed E-state index contributed by atoms with van der Waals surface area (Å²) in [6.07, 6.45) is 1.58. The predicted molar refractivity (Wildman–Crippen MR) is 69.4 cm³/mol. The standard InChI is InChI=1S/C13H15N3O3/c1-3-16-10(7-9(2)14-16)8-15-6-4-5-11(12(15)17)13(18)19/h4-7H,3,8H2,1-2H3,(H,18,19). The van der Waals surface area contributed by atoms with E-state index in [1.165, 1.54) is 10.6 Å². The third-order valence-corrected chi connectivity index (χ3v) is 2.87. The van der Waals surface area contributed by atoms with Gasteiger partial charge in [0, 0.05) is 12.7 Å². The number of rotatable bonds is 4. The van der Waals surface area contributed by atoms with Crippen LogP contribution in [0.5, 0.6) is 0 Å². The van der Waals surface area contributed by atoms with E-state index < -0.39 is 11.5 Å². The lowest BCUT2D eigenvalue weighted by atomic mass is 10.2. The molecule has 0 saturated carbocycles. The summed E-state index contributed by atoms with van der Waals surface area (Å²) in [4.78, 5) is 22.9. The molecular weight excluding hydrogens is 246 g/mol. The van der Waals surface area contributed by atoms with Gasteiger partial charge in [-0.2, -0.15) is 5.10 Å². The lowest BCUT2D eigenvalue weighted by Gasteiger charge is -2.08. The van der Waals surface area contributed by atoms with E-state index in [0.29, 0.717) is 13.1 Å². The highest BCUT2D eigenvalue weighted by Gasteiger charge is 2.12. The summed E-state index contributed by atoms with van der Waals surface area (Å²) in [7, 11) is 0. The first-order valence-electron chi connectivity index (χ1n) is 5.99. The second kappa shape index (κ2) is 5.09. The van der Waals surface area contributed by atoms with E-state index in [-0.39, 0.29) is 5.56 Å². The zero-order valence-electron chi connectivity index (χ0n) is 10.8. The van der Waals surface area contributed by atoms with Gasteiger partial charge >= 0.3 is 5.97 Å². The molecule has 6 nitrogen and oxygen atoms in total. The zero-order valence-corrected chi connectivity index (χ0v) is 10.8. The first kappa shape index (κ1) is 13.1. The molecule has 100 valence electrons. The number of carboxylic acid groups (broad SMARTS) is 1. The number of aromatic carboxylic acids is 1. The van der Waals surface area contributed by atoms with Crippen LogP contribution in [-0.2, 0) is 13.1 Å². The van der Waals surface area contributed by atoms with Crippen molar-refractivity contribution in [1.29, 1.82) is 0 Å². The van der Waals surface area contributed by atoms with Crippen LogP contribution in [0.4, 0.5) is 0 Å². The summed E-state index contributed by atoms with van der Waals surface area (Å²) in [5.41, 5.74) is 1.03. The van der Waals surface area contributed by atoms with E-state index in [0.717, 1.165) is 11.4 Å². The smallest absolute Gasteiger partial charge is 0.341 e. The van der Waals surface area contributed by atoms with Gasteiger partial charge in [-0.25, -0.2) is 4.79 Å². The topological polar surface area (TPSA) is 77.1 Å². The summed E-state index contributed by atoms with van der Waals surface area (Å²) in [5, 5.41) is 13.2. The number of aryl methyl sites for hydroxylation is 2. The van der Waals surface area contributed by atoms with E-state index in [2.05, 4.69) is 5.10 Å². The van der Waals surface area contributed by atoms with Gasteiger partial charge in [0.05, 0.1) is 17.9 Å². The Morgan fingerprint density at radius 2 is 2.21 bits per heavy atom. The largest absolute Gasteiger partial charge is 0.477 e. The molecule has 0 spiro atoms. The average molecular weight is 261 g/mol. The maximum absolute atomic E-state index is 12.0. The predicted octanol–water partition coefficient (Wildman–Crippen LogP) is 1.12. The highest BCUT2D eigenvalue weighted by Crippen LogP contribution is 2.05. The third kappa shape index (κ3) is 2.57. The fourth-order valence-corrected chi connectivity index (χ4v) is 2.00. The highest BCUT2D eigenvalue weighted by molar-refractivity contribution is 5.86. The second-order valence-electron chi connectivity index (χ2n) is 4.25. The molecule has 0 bridgehead atoms. The van der Waals surface area contributed by atoms with Crippen molar-refractivity contribution in [3.63, 3.8) is 0 Å². The minimum atomic E-state index is -1.21. The number of pyridine rings is 1. The Balaban J connectivity index is 2.41. The lowest BCUT2D eigenvalue weighted by molar-refractivity contribution is 0.0694. The molecule has 0 aliphatic carbocycles. The molecule has 0 amide bonds. The van der Waals surface area contributed by atoms with Crippen molar-refractivity contribution in [2.45, 2.75) is 26.9 Å². The molecule has 0 aliphatic heterocycles. The van der Waals surface area contributed by atoms with Crippen molar-refractivity contribution < 1.29 is 9.90 Å². The van der Waals surface area contributed by atoms with E-state index in [4.69, 9.17) is 5.11 Å². The van der Waals surface area contributed by atoms with Crippen LogP contribution in [0.25, 0.3) is 0 Å². The number of carbonyl (C=O) groups is 1. The Kier molecular flexibility index (Phi) is 3.50. The number of carboxylic acids is 1. The molecule has 0 radical (unpaired) electrons. The Bertz CT molecular complexity index is 670. The highest BCUT2D eigenvalue weighted by atomic mass is 16.4. The van der Waals surface area contributed by atoms with Gasteiger partial charge in [-0.05, 0) is 32.0 Å². The lowest BCUT2D eigenvalue weighted by Crippen LogP contribution is -2.26. The van der Waals surface area contributed by atoms with Crippen molar-refractivity contribution >= 4 is 5.97 Å². The molecular formula is C13H15N3O3. The summed E-state index contributed by atoms with van der Waals surface area (Å²) >= 11 is 0. The fourth-order valence-electron chi connectivity index (χ4n) is 2.00. The SMILES string of the molecule is CCn1nc(C)cc1Cn1cccc(C(=O)O)c1=O. The van der Waals surface area contributed by atoms with Crippen LogP contribution in [0.15, 0.2) is 29.2 Å². The fraction of sp³-hybridized carbons (Fsp3) is 0.308. The molecule has 2 heterocycles. The van der Waals surface area contributed by atoms with Gasteiger partial charge in [0.2, 0.25) is 0 Å². The van der Waals surface area contributed by atoms with Gasteiger partial charge in [0.1, 0.15) is 5.56 Å². The van der Waals surface area contributed by atoms with Gasteiger partial charge in [0.15, 0.2) is 0 Å². The number of nitrogens with zero attached hydrogens (tertiary/aromatic N) is 3. The summed E-state index contributed by atoms with van der Waals surface area (Å²) in [5.74, 6) is -1.21. The molecule has 6 heteroatoms. The molecule has 0 saturated heterocycles. The molecule has 0 atom stereocenters. The average Bonchev–Trinajstić information content (AvgIpc) is 2.71. The molecule has 0 aliphatic rings. The van der Waals surface area contributed by atoms with E-state index >= 15 is 0 Å². The summed E-state index contributed by atoms with van der Waals surface area (Å²) in [6, 6.07) is 4.76. The summed E-state index contributed by atoms with van der Waals surface area (Å²) in [6.45, 7) is 4.86. The Hall–Kier alpha value is -2.37. The zero-order chi connectivity index (χ0) is 14.0. The Labute approximate surface area is 109 Å². The first-order chi connectivity index (χ1) is 9.02. The molecule has 2 rings (SSSR count). The summed E-state index contributed by atoms with van der Waals surface area (Å²) < 4.78 is 3.18. The van der Waals surface area contributed by atoms with Crippen LogP contribution in [0.3, 0.4) is 0 Å². The van der Waals surface area contributed by atoms with Crippen LogP contribution in [0.2, 0.25) is 0 Å².